The zero-order valence-electron chi connectivity index (χ0n) is 22.6. The summed E-state index contributed by atoms with van der Waals surface area (Å²) in [6, 6.07) is 19.3. The number of nitrogens with one attached hydrogen (secondary N) is 1. The lowest BCUT2D eigenvalue weighted by Gasteiger charge is -2.33. The van der Waals surface area contributed by atoms with Crippen LogP contribution in [0.25, 0.3) is 0 Å². The number of nitrogens with zero attached hydrogens (tertiary/aromatic N) is 2. The minimum Gasteiger partial charge on any atom is -0.350 e. The van der Waals surface area contributed by atoms with Crippen LogP contribution in [0.4, 0.5) is 5.69 Å². The summed E-state index contributed by atoms with van der Waals surface area (Å²) < 4.78 is 29.4. The second-order valence-corrected chi connectivity index (χ2v) is 13.6. The van der Waals surface area contributed by atoms with E-state index in [1.54, 1.807) is 67.6 Å². The van der Waals surface area contributed by atoms with Crippen LogP contribution in [0, 0.1) is 6.92 Å². The maximum atomic E-state index is 13.9. The molecule has 2 amide bonds. The number of hydrogen-bond donors (Lipinski definition) is 1. The second-order valence-electron chi connectivity index (χ2n) is 10.4. The molecule has 3 rings (SSSR count). The van der Waals surface area contributed by atoms with Gasteiger partial charge in [0.05, 0.1) is 10.6 Å². The van der Waals surface area contributed by atoms with Crippen molar-refractivity contribution >= 4 is 55.1 Å². The molecule has 0 heterocycles. The summed E-state index contributed by atoms with van der Waals surface area (Å²) in [6.07, 6.45) is 0. The predicted octanol–water partition coefficient (Wildman–Crippen LogP) is 5.94. The molecule has 0 saturated heterocycles. The van der Waals surface area contributed by atoms with Gasteiger partial charge in [-0.15, -0.1) is 0 Å². The summed E-state index contributed by atoms with van der Waals surface area (Å²) in [4.78, 5) is 28.5. The lowest BCUT2D eigenvalue weighted by Crippen LogP contribution is -2.54. The molecule has 0 radical (unpaired) electrons. The first-order valence-electron chi connectivity index (χ1n) is 12.4. The number of benzene rings is 3. The molecule has 0 aliphatic carbocycles. The maximum absolute atomic E-state index is 13.9. The minimum absolute atomic E-state index is 0.0563. The van der Waals surface area contributed by atoms with Crippen molar-refractivity contribution in [2.75, 3.05) is 10.8 Å². The van der Waals surface area contributed by atoms with Crippen LogP contribution in [0.3, 0.4) is 0 Å². The van der Waals surface area contributed by atoms with Crippen molar-refractivity contribution in [2.24, 2.45) is 0 Å². The van der Waals surface area contributed by atoms with Crippen molar-refractivity contribution in [3.63, 3.8) is 0 Å². The van der Waals surface area contributed by atoms with E-state index >= 15 is 0 Å². The smallest absolute Gasteiger partial charge is 0.264 e. The van der Waals surface area contributed by atoms with Crippen LogP contribution < -0.4 is 9.62 Å². The summed E-state index contributed by atoms with van der Waals surface area (Å²) >= 11 is 9.58. The van der Waals surface area contributed by atoms with Crippen molar-refractivity contribution < 1.29 is 18.0 Å². The highest BCUT2D eigenvalue weighted by atomic mass is 79.9. The van der Waals surface area contributed by atoms with Gasteiger partial charge in [-0.05, 0) is 82.6 Å². The zero-order chi connectivity index (χ0) is 29.0. The first-order chi connectivity index (χ1) is 18.2. The van der Waals surface area contributed by atoms with Crippen molar-refractivity contribution in [2.45, 2.75) is 57.6 Å². The van der Waals surface area contributed by atoms with E-state index in [9.17, 15) is 18.0 Å². The Labute approximate surface area is 244 Å². The van der Waals surface area contributed by atoms with Gasteiger partial charge in [0.25, 0.3) is 10.0 Å². The number of carbonyl (C=O) groups is 2. The van der Waals surface area contributed by atoms with E-state index in [0.29, 0.717) is 20.7 Å². The first-order valence-corrected chi connectivity index (χ1v) is 15.0. The minimum atomic E-state index is -4.13. The number of amides is 2. The molecular formula is C29H33BrClN3O4S. The number of halogens is 2. The fourth-order valence-corrected chi connectivity index (χ4v) is 5.89. The highest BCUT2D eigenvalue weighted by molar-refractivity contribution is 9.10. The van der Waals surface area contributed by atoms with Gasteiger partial charge in [0.15, 0.2) is 0 Å². The monoisotopic (exact) mass is 633 g/mol. The second kappa shape index (κ2) is 12.5. The Bertz CT molecular complexity index is 1440. The van der Waals surface area contributed by atoms with Gasteiger partial charge in [0.1, 0.15) is 12.6 Å². The Balaban J connectivity index is 2.04. The molecule has 0 fully saturated rings. The third-order valence-corrected chi connectivity index (χ3v) is 8.41. The summed E-state index contributed by atoms with van der Waals surface area (Å²) in [5.41, 5.74) is 1.41. The largest absolute Gasteiger partial charge is 0.350 e. The molecule has 0 saturated carbocycles. The Hall–Kier alpha value is -2.88. The molecule has 1 atom stereocenters. The maximum Gasteiger partial charge on any atom is 0.264 e. The van der Waals surface area contributed by atoms with Gasteiger partial charge in [-0.25, -0.2) is 8.42 Å². The third kappa shape index (κ3) is 8.30. The van der Waals surface area contributed by atoms with Crippen LogP contribution in [0.5, 0.6) is 0 Å². The Morgan fingerprint density at radius 1 is 1.00 bits per heavy atom. The molecule has 10 heteroatoms. The van der Waals surface area contributed by atoms with Crippen LogP contribution in [-0.4, -0.2) is 43.3 Å². The van der Waals surface area contributed by atoms with Crippen molar-refractivity contribution in [1.29, 1.82) is 0 Å². The molecule has 3 aromatic carbocycles. The zero-order valence-corrected chi connectivity index (χ0v) is 25.8. The van der Waals surface area contributed by atoms with E-state index in [0.717, 1.165) is 9.87 Å². The van der Waals surface area contributed by atoms with Crippen molar-refractivity contribution in [3.05, 3.63) is 93.4 Å². The number of sulfonamides is 1. The fraction of sp³-hybridized carbons (Fsp3) is 0.310. The normalized spacial score (nSPS) is 12.5. The van der Waals surface area contributed by atoms with Gasteiger partial charge in [0, 0.05) is 21.6 Å². The third-order valence-electron chi connectivity index (χ3n) is 5.89. The number of aryl methyl sites for hydroxylation is 1. The topological polar surface area (TPSA) is 86.8 Å². The highest BCUT2D eigenvalue weighted by Gasteiger charge is 2.33. The quantitative estimate of drug-likeness (QED) is 0.316. The molecule has 1 N–H and O–H groups in total. The Kier molecular flexibility index (Phi) is 9.85. The highest BCUT2D eigenvalue weighted by Crippen LogP contribution is 2.27. The molecule has 7 nitrogen and oxygen atoms in total. The molecule has 0 aliphatic rings. The Morgan fingerprint density at radius 2 is 1.64 bits per heavy atom. The predicted molar refractivity (Wildman–Crippen MR) is 159 cm³/mol. The van der Waals surface area contributed by atoms with E-state index < -0.39 is 34.1 Å². The lowest BCUT2D eigenvalue weighted by atomic mass is 10.1. The SMILES string of the molecule is Cc1ccc(S(=O)(=O)N(CC(=O)N(Cc2cccc(Cl)c2)C(C)C(=O)NC(C)(C)C)c2cccc(Br)c2)cc1. The van der Waals surface area contributed by atoms with Crippen LogP contribution in [0.1, 0.15) is 38.8 Å². The Morgan fingerprint density at radius 3 is 2.23 bits per heavy atom. The van der Waals surface area contributed by atoms with E-state index in [1.807, 2.05) is 27.7 Å². The number of hydrogen-bond acceptors (Lipinski definition) is 4. The molecule has 208 valence electrons. The standard InChI is InChI=1S/C29H33BrClN3O4S/c1-20-12-14-26(15-13-20)39(37,38)34(25-11-7-9-23(30)17-25)19-27(35)33(18-22-8-6-10-24(31)16-22)21(2)28(36)32-29(3,4)5/h6-17,21H,18-19H2,1-5H3,(H,32,36). The molecule has 0 aliphatic heterocycles. The molecule has 3 aromatic rings. The van der Waals surface area contributed by atoms with Gasteiger partial charge in [-0.2, -0.15) is 0 Å². The molecular weight excluding hydrogens is 602 g/mol. The average Bonchev–Trinajstić information content (AvgIpc) is 2.84. The molecule has 0 aromatic heterocycles. The van der Waals surface area contributed by atoms with Crippen LogP contribution in [0.2, 0.25) is 5.02 Å². The van der Waals surface area contributed by atoms with Crippen LogP contribution in [0.15, 0.2) is 82.2 Å². The van der Waals surface area contributed by atoms with E-state index in [1.165, 1.54) is 17.0 Å². The summed E-state index contributed by atoms with van der Waals surface area (Å²) in [5, 5.41) is 3.40. The van der Waals surface area contributed by atoms with Crippen LogP contribution in [-0.2, 0) is 26.2 Å². The fourth-order valence-electron chi connectivity index (χ4n) is 3.89. The first kappa shape index (κ1) is 30.7. The average molecular weight is 635 g/mol. The van der Waals surface area contributed by atoms with Gasteiger partial charge >= 0.3 is 0 Å². The van der Waals surface area contributed by atoms with E-state index in [2.05, 4.69) is 21.2 Å². The summed E-state index contributed by atoms with van der Waals surface area (Å²) in [6.45, 7) is 8.60. The van der Waals surface area contributed by atoms with E-state index in [4.69, 9.17) is 11.6 Å². The van der Waals surface area contributed by atoms with Gasteiger partial charge in [-0.3, -0.25) is 13.9 Å². The van der Waals surface area contributed by atoms with Gasteiger partial charge in [0.2, 0.25) is 11.8 Å². The van der Waals surface area contributed by atoms with Gasteiger partial charge in [-0.1, -0.05) is 63.4 Å². The molecule has 0 bridgehead atoms. The number of carbonyl (C=O) groups excluding carboxylic acids is 2. The van der Waals surface area contributed by atoms with E-state index in [-0.39, 0.29) is 17.3 Å². The van der Waals surface area contributed by atoms with Crippen molar-refractivity contribution in [3.8, 4) is 0 Å². The van der Waals surface area contributed by atoms with Gasteiger partial charge < -0.3 is 10.2 Å². The molecule has 0 spiro atoms. The van der Waals surface area contributed by atoms with Crippen molar-refractivity contribution in [1.82, 2.24) is 10.2 Å². The molecule has 39 heavy (non-hydrogen) atoms. The summed E-state index contributed by atoms with van der Waals surface area (Å²) in [5.74, 6) is -0.893. The van der Waals surface area contributed by atoms with Crippen LogP contribution >= 0.6 is 27.5 Å². The molecule has 1 unspecified atom stereocenters. The summed E-state index contributed by atoms with van der Waals surface area (Å²) in [7, 11) is -4.13. The number of anilines is 1. The number of rotatable bonds is 9. The lowest BCUT2D eigenvalue weighted by molar-refractivity contribution is -0.140.